The Hall–Kier alpha value is -4.08. The van der Waals surface area contributed by atoms with Crippen LogP contribution in [0.2, 0.25) is 0 Å². The number of cyclic esters (lactones) is 1. The van der Waals surface area contributed by atoms with Gasteiger partial charge in [0.1, 0.15) is 18.7 Å². The number of aryl methyl sites for hydroxylation is 1. The van der Waals surface area contributed by atoms with E-state index in [-0.39, 0.29) is 43.2 Å². The van der Waals surface area contributed by atoms with Gasteiger partial charge in [0.2, 0.25) is 11.8 Å². The largest absolute Gasteiger partial charge is 0.460 e. The molecule has 3 heterocycles. The lowest BCUT2D eigenvalue weighted by Gasteiger charge is -2.29. The Morgan fingerprint density at radius 2 is 2.08 bits per heavy atom. The number of nitrogens with two attached hydrogens (primary N) is 1. The van der Waals surface area contributed by atoms with E-state index in [0.717, 1.165) is 28.4 Å². The number of primary amides is 1. The van der Waals surface area contributed by atoms with Crippen LogP contribution in [-0.4, -0.2) is 47.6 Å². The second-order valence-corrected chi connectivity index (χ2v) is 10.4. The van der Waals surface area contributed by atoms with Gasteiger partial charge < -0.3 is 20.7 Å². The summed E-state index contributed by atoms with van der Waals surface area (Å²) in [5.74, 6) is -2.13. The molecule has 2 aliphatic heterocycles. The Balaban J connectivity index is 1.69. The molecule has 0 saturated heterocycles. The summed E-state index contributed by atoms with van der Waals surface area (Å²) in [6.45, 7) is 4.01. The van der Waals surface area contributed by atoms with E-state index in [4.69, 9.17) is 15.5 Å². The van der Waals surface area contributed by atoms with Crippen molar-refractivity contribution in [2.24, 2.45) is 11.7 Å². The van der Waals surface area contributed by atoms with Gasteiger partial charge in [-0.15, -0.1) is 0 Å². The van der Waals surface area contributed by atoms with Crippen molar-refractivity contribution in [1.82, 2.24) is 15.2 Å². The SMILES string of the molecule is CCC1C(=O)OCC(C=O)=C1/C=C1/c2nc3cc(F)c(C)c4c3c(c2CN1C)C(NC(=O)CCC(N)=O)CC4. The number of benzene rings is 1. The van der Waals surface area contributed by atoms with Gasteiger partial charge in [0.05, 0.1) is 28.9 Å². The molecule has 0 radical (unpaired) electrons. The maximum Gasteiger partial charge on any atom is 0.313 e. The molecule has 0 bridgehead atoms. The molecular weight excluding hydrogens is 503 g/mol. The minimum atomic E-state index is -0.577. The first-order valence-electron chi connectivity index (χ1n) is 13.1. The molecule has 9 nitrogen and oxygen atoms in total. The number of halogens is 1. The van der Waals surface area contributed by atoms with Gasteiger partial charge in [-0.1, -0.05) is 6.92 Å². The summed E-state index contributed by atoms with van der Waals surface area (Å²) >= 11 is 0. The number of carbonyl (C=O) groups is 4. The zero-order valence-electron chi connectivity index (χ0n) is 22.2. The maximum absolute atomic E-state index is 15.0. The topological polar surface area (TPSA) is 132 Å². The van der Waals surface area contributed by atoms with E-state index in [1.54, 1.807) is 6.92 Å². The first-order valence-corrected chi connectivity index (χ1v) is 13.1. The predicted octanol–water partition coefficient (Wildman–Crippen LogP) is 2.92. The van der Waals surface area contributed by atoms with E-state index in [1.165, 1.54) is 6.07 Å². The number of ether oxygens (including phenoxy) is 1. The lowest BCUT2D eigenvalue weighted by Crippen LogP contribution is -2.32. The average Bonchev–Trinajstić information content (AvgIpc) is 3.21. The van der Waals surface area contributed by atoms with Crippen LogP contribution in [0, 0.1) is 18.7 Å². The molecule has 0 spiro atoms. The minimum absolute atomic E-state index is 0.0141. The quantitative estimate of drug-likeness (QED) is 0.412. The zero-order chi connectivity index (χ0) is 28.0. The highest BCUT2D eigenvalue weighted by atomic mass is 19.1. The van der Waals surface area contributed by atoms with Gasteiger partial charge in [0.25, 0.3) is 0 Å². The van der Waals surface area contributed by atoms with Crippen molar-refractivity contribution in [3.63, 3.8) is 0 Å². The highest BCUT2D eigenvalue weighted by Gasteiger charge is 2.36. The van der Waals surface area contributed by atoms with Crippen molar-refractivity contribution in [3.05, 3.63) is 57.1 Å². The van der Waals surface area contributed by atoms with Crippen molar-refractivity contribution in [3.8, 4) is 0 Å². The van der Waals surface area contributed by atoms with E-state index < -0.39 is 11.8 Å². The molecule has 204 valence electrons. The molecule has 39 heavy (non-hydrogen) atoms. The number of hydrogen-bond acceptors (Lipinski definition) is 7. The standard InChI is InChI=1S/C29H31FN4O5/c1-4-16-18(15(12-35)13-39-29(16)38)9-23-28-19(11-34(23)3)27-21(32-25(37)8-7-24(31)36)6-5-17-14(2)20(30)10-22(33-28)26(17)27/h9-10,12,16,21H,4-8,11,13H2,1-3H3,(H2,31,36)(H,32,37)/b23-9-. The highest BCUT2D eigenvalue weighted by Crippen LogP contribution is 2.45. The number of nitrogens with one attached hydrogen (secondary N) is 1. The fourth-order valence-electron chi connectivity index (χ4n) is 5.99. The molecular formula is C29H31FN4O5. The molecule has 1 aliphatic carbocycles. The van der Waals surface area contributed by atoms with Crippen LogP contribution in [0.1, 0.15) is 66.6 Å². The van der Waals surface area contributed by atoms with E-state index in [1.807, 2.05) is 24.9 Å². The normalized spacial score (nSPS) is 21.3. The second kappa shape index (κ2) is 10.2. The Morgan fingerprint density at radius 1 is 1.31 bits per heavy atom. The van der Waals surface area contributed by atoms with Gasteiger partial charge in [-0.2, -0.15) is 0 Å². The zero-order valence-corrected chi connectivity index (χ0v) is 22.2. The highest BCUT2D eigenvalue weighted by molar-refractivity contribution is 5.94. The number of esters is 1. The first-order chi connectivity index (χ1) is 18.6. The van der Waals surface area contributed by atoms with Crippen molar-refractivity contribution in [1.29, 1.82) is 0 Å². The Labute approximate surface area is 225 Å². The van der Waals surface area contributed by atoms with Crippen molar-refractivity contribution >= 4 is 40.7 Å². The number of carbonyl (C=O) groups excluding carboxylic acids is 4. The lowest BCUT2D eigenvalue weighted by atomic mass is 9.81. The lowest BCUT2D eigenvalue weighted by molar-refractivity contribution is -0.147. The molecule has 0 saturated carbocycles. The number of aromatic nitrogens is 1. The Bertz CT molecular complexity index is 1490. The van der Waals surface area contributed by atoms with E-state index in [9.17, 15) is 23.6 Å². The van der Waals surface area contributed by atoms with E-state index in [0.29, 0.717) is 59.4 Å². The summed E-state index contributed by atoms with van der Waals surface area (Å²) in [6.07, 6.45) is 4.09. The third-order valence-corrected chi connectivity index (χ3v) is 8.00. The van der Waals surface area contributed by atoms with Gasteiger partial charge in [0, 0.05) is 49.0 Å². The number of aldehydes is 1. The van der Waals surface area contributed by atoms with Gasteiger partial charge in [0.15, 0.2) is 0 Å². The minimum Gasteiger partial charge on any atom is -0.460 e. The van der Waals surface area contributed by atoms with Crippen LogP contribution >= 0.6 is 0 Å². The summed E-state index contributed by atoms with van der Waals surface area (Å²) < 4.78 is 20.2. The smallest absolute Gasteiger partial charge is 0.313 e. The van der Waals surface area contributed by atoms with Crippen LogP contribution < -0.4 is 11.1 Å². The number of nitrogens with zero attached hydrogens (tertiary/aromatic N) is 2. The molecule has 0 fully saturated rings. The molecule has 2 aromatic rings. The monoisotopic (exact) mass is 534 g/mol. The van der Waals surface area contributed by atoms with Crippen LogP contribution in [0.4, 0.5) is 4.39 Å². The number of hydrogen-bond donors (Lipinski definition) is 2. The molecule has 2 atom stereocenters. The number of pyridine rings is 1. The first kappa shape index (κ1) is 26.5. The van der Waals surface area contributed by atoms with Crippen LogP contribution in [0.5, 0.6) is 0 Å². The Morgan fingerprint density at radius 3 is 2.77 bits per heavy atom. The summed E-state index contributed by atoms with van der Waals surface area (Å²) in [7, 11) is 1.89. The van der Waals surface area contributed by atoms with Crippen LogP contribution in [0.3, 0.4) is 0 Å². The Kier molecular flexibility index (Phi) is 6.96. The van der Waals surface area contributed by atoms with Crippen LogP contribution in [-0.2, 0) is 36.9 Å². The van der Waals surface area contributed by atoms with Crippen molar-refractivity contribution in [2.75, 3.05) is 13.7 Å². The molecule has 2 unspecified atom stereocenters. The summed E-state index contributed by atoms with van der Waals surface area (Å²) in [5.41, 5.74) is 11.3. The number of rotatable bonds is 7. The molecule has 2 amide bonds. The van der Waals surface area contributed by atoms with Crippen LogP contribution in [0.15, 0.2) is 23.3 Å². The van der Waals surface area contributed by atoms with E-state index in [2.05, 4.69) is 5.32 Å². The van der Waals surface area contributed by atoms with E-state index >= 15 is 0 Å². The molecule has 10 heteroatoms. The second-order valence-electron chi connectivity index (χ2n) is 10.4. The van der Waals surface area contributed by atoms with Crippen LogP contribution in [0.25, 0.3) is 16.6 Å². The number of fused-ring (bicyclic) bond motifs is 2. The molecule has 3 aliphatic rings. The summed E-state index contributed by atoms with van der Waals surface area (Å²) in [4.78, 5) is 55.2. The van der Waals surface area contributed by atoms with Gasteiger partial charge >= 0.3 is 5.97 Å². The molecule has 1 aromatic carbocycles. The summed E-state index contributed by atoms with van der Waals surface area (Å²) in [5, 5.41) is 3.91. The third kappa shape index (κ3) is 4.57. The number of amides is 2. The molecule has 1 aromatic heterocycles. The van der Waals surface area contributed by atoms with Gasteiger partial charge in [-0.25, -0.2) is 9.37 Å². The predicted molar refractivity (Wildman–Crippen MR) is 141 cm³/mol. The fourth-order valence-corrected chi connectivity index (χ4v) is 5.99. The van der Waals surface area contributed by atoms with Gasteiger partial charge in [-0.3, -0.25) is 19.2 Å². The third-order valence-electron chi connectivity index (χ3n) is 8.00. The van der Waals surface area contributed by atoms with Gasteiger partial charge in [-0.05, 0) is 54.5 Å². The molecule has 5 rings (SSSR count). The van der Waals surface area contributed by atoms with Crippen molar-refractivity contribution in [2.45, 2.75) is 58.5 Å². The fraction of sp³-hybridized carbons (Fsp3) is 0.414. The average molecular weight is 535 g/mol. The molecule has 3 N–H and O–H groups in total. The summed E-state index contributed by atoms with van der Waals surface area (Å²) in [6, 6.07) is 1.07. The van der Waals surface area contributed by atoms with Crippen molar-refractivity contribution < 1.29 is 28.3 Å². The maximum atomic E-state index is 15.0. The number of allylic oxidation sites excluding steroid dienone is 1.